The average molecular weight is 303 g/mol. The Morgan fingerprint density at radius 3 is 2.24 bits per heavy atom. The van der Waals surface area contributed by atoms with Crippen molar-refractivity contribution in [3.63, 3.8) is 0 Å². The van der Waals surface area contributed by atoms with E-state index in [0.717, 1.165) is 16.7 Å². The van der Waals surface area contributed by atoms with Crippen LogP contribution in [0.4, 0.5) is 0 Å². The molecule has 112 valence electrons. The van der Waals surface area contributed by atoms with Crippen molar-refractivity contribution in [2.24, 2.45) is 0 Å². The van der Waals surface area contributed by atoms with Gasteiger partial charge in [-0.2, -0.15) is 0 Å². The van der Waals surface area contributed by atoms with Crippen LogP contribution in [0.5, 0.6) is 0 Å². The maximum absolute atomic E-state index is 12.5. The number of benzene rings is 2. The summed E-state index contributed by atoms with van der Waals surface area (Å²) in [5.41, 5.74) is 2.88. The highest BCUT2D eigenvalue weighted by Crippen LogP contribution is 2.18. The third kappa shape index (κ3) is 4.41. The molecule has 2 rings (SSSR count). The zero-order chi connectivity index (χ0) is 15.3. The molecule has 0 aromatic heterocycles. The normalized spacial score (nSPS) is 13.0. The Morgan fingerprint density at radius 1 is 1.00 bits per heavy atom. The first-order chi connectivity index (χ1) is 10.0. The smallest absolute Gasteiger partial charge is 0.156 e. The fraction of sp³-hybridized carbons (Fsp3) is 0.294. The van der Waals surface area contributed by atoms with E-state index in [1.54, 1.807) is 7.05 Å². The summed E-state index contributed by atoms with van der Waals surface area (Å²) in [5, 5.41) is 3.10. The number of rotatable bonds is 6. The van der Waals surface area contributed by atoms with Crippen molar-refractivity contribution in [2.75, 3.05) is 12.8 Å². The molecule has 0 saturated heterocycles. The monoisotopic (exact) mass is 303 g/mol. The van der Waals surface area contributed by atoms with Gasteiger partial charge in [-0.1, -0.05) is 54.6 Å². The molecular formula is C17H21NO2S. The molecule has 21 heavy (non-hydrogen) atoms. The lowest BCUT2D eigenvalue weighted by atomic mass is 10.1. The third-order valence-electron chi connectivity index (χ3n) is 3.61. The lowest BCUT2D eigenvalue weighted by molar-refractivity contribution is 0.573. The second-order valence-corrected chi connectivity index (χ2v) is 7.34. The maximum atomic E-state index is 12.5. The van der Waals surface area contributed by atoms with E-state index in [9.17, 15) is 8.42 Å². The fourth-order valence-corrected chi connectivity index (χ4v) is 4.14. The molecule has 0 spiro atoms. The summed E-state index contributed by atoms with van der Waals surface area (Å²) < 4.78 is 24.9. The lowest BCUT2D eigenvalue weighted by Crippen LogP contribution is -2.26. The zero-order valence-corrected chi connectivity index (χ0v) is 13.2. The standard InChI is InChI=1S/C17H21NO2S/c1-14-8-6-7-11-16(14)12-21(19,20)13-17(18-2)15-9-4-3-5-10-15/h3-11,17-18H,12-13H2,1-2H3. The SMILES string of the molecule is CNC(CS(=O)(=O)Cc1ccccc1C)c1ccccc1. The van der Waals surface area contributed by atoms with Gasteiger partial charge in [0.05, 0.1) is 11.5 Å². The second kappa shape index (κ2) is 6.87. The van der Waals surface area contributed by atoms with Crippen LogP contribution in [0.2, 0.25) is 0 Å². The lowest BCUT2D eigenvalue weighted by Gasteiger charge is -2.17. The van der Waals surface area contributed by atoms with Crippen molar-refractivity contribution in [3.8, 4) is 0 Å². The molecule has 1 N–H and O–H groups in total. The topological polar surface area (TPSA) is 46.2 Å². The predicted molar refractivity (Wildman–Crippen MR) is 86.9 cm³/mol. The minimum absolute atomic E-state index is 0.0880. The van der Waals surface area contributed by atoms with Gasteiger partial charge in [0.1, 0.15) is 0 Å². The first kappa shape index (κ1) is 15.7. The van der Waals surface area contributed by atoms with Crippen LogP contribution in [-0.4, -0.2) is 21.2 Å². The molecule has 0 fully saturated rings. The average Bonchev–Trinajstić information content (AvgIpc) is 2.48. The predicted octanol–water partition coefficient (Wildman–Crippen LogP) is 2.87. The molecule has 4 heteroatoms. The Kier molecular flexibility index (Phi) is 5.15. The van der Waals surface area contributed by atoms with Gasteiger partial charge in [0.2, 0.25) is 0 Å². The van der Waals surface area contributed by atoms with E-state index < -0.39 is 9.84 Å². The number of hydrogen-bond donors (Lipinski definition) is 1. The van der Waals surface area contributed by atoms with Gasteiger partial charge in [-0.25, -0.2) is 8.42 Å². The summed E-state index contributed by atoms with van der Waals surface area (Å²) in [6.07, 6.45) is 0. The minimum Gasteiger partial charge on any atom is -0.312 e. The molecule has 1 unspecified atom stereocenters. The Balaban J connectivity index is 2.15. The summed E-state index contributed by atoms with van der Waals surface area (Å²) in [4.78, 5) is 0. The van der Waals surface area contributed by atoms with Crippen LogP contribution in [0.25, 0.3) is 0 Å². The number of hydrogen-bond acceptors (Lipinski definition) is 3. The van der Waals surface area contributed by atoms with Crippen molar-refractivity contribution in [1.29, 1.82) is 0 Å². The molecule has 0 amide bonds. The van der Waals surface area contributed by atoms with Crippen molar-refractivity contribution >= 4 is 9.84 Å². The van der Waals surface area contributed by atoms with Gasteiger partial charge in [-0.3, -0.25) is 0 Å². The molecule has 0 saturated carbocycles. The summed E-state index contributed by atoms with van der Waals surface area (Å²) in [5.74, 6) is 0.187. The van der Waals surface area contributed by atoms with Crippen molar-refractivity contribution in [3.05, 3.63) is 71.3 Å². The summed E-state index contributed by atoms with van der Waals surface area (Å²) in [7, 11) is -1.39. The van der Waals surface area contributed by atoms with Crippen LogP contribution in [0.3, 0.4) is 0 Å². The highest BCUT2D eigenvalue weighted by molar-refractivity contribution is 7.90. The molecule has 0 aliphatic carbocycles. The zero-order valence-electron chi connectivity index (χ0n) is 12.4. The highest BCUT2D eigenvalue weighted by Gasteiger charge is 2.20. The molecule has 0 heterocycles. The molecule has 0 aliphatic heterocycles. The van der Waals surface area contributed by atoms with Crippen LogP contribution in [-0.2, 0) is 15.6 Å². The fourth-order valence-electron chi connectivity index (χ4n) is 2.35. The second-order valence-electron chi connectivity index (χ2n) is 5.23. The highest BCUT2D eigenvalue weighted by atomic mass is 32.2. The molecule has 0 radical (unpaired) electrons. The quantitative estimate of drug-likeness (QED) is 0.892. The molecule has 3 nitrogen and oxygen atoms in total. The maximum Gasteiger partial charge on any atom is 0.156 e. The molecule has 2 aromatic carbocycles. The molecule has 1 atom stereocenters. The van der Waals surface area contributed by atoms with E-state index in [1.165, 1.54) is 0 Å². The summed E-state index contributed by atoms with van der Waals surface area (Å²) in [6, 6.07) is 17.1. The molecule has 0 bridgehead atoms. The number of sulfone groups is 1. The molecule has 2 aromatic rings. The van der Waals surface area contributed by atoms with E-state index in [1.807, 2.05) is 61.5 Å². The van der Waals surface area contributed by atoms with Crippen LogP contribution < -0.4 is 5.32 Å². The first-order valence-electron chi connectivity index (χ1n) is 6.99. The largest absolute Gasteiger partial charge is 0.312 e. The summed E-state index contributed by atoms with van der Waals surface area (Å²) >= 11 is 0. The number of nitrogens with one attached hydrogen (secondary N) is 1. The Labute approximate surface area is 126 Å². The number of aryl methyl sites for hydroxylation is 1. The van der Waals surface area contributed by atoms with Crippen LogP contribution in [0, 0.1) is 6.92 Å². The van der Waals surface area contributed by atoms with E-state index in [0.29, 0.717) is 0 Å². The Bertz CT molecular complexity index is 681. The van der Waals surface area contributed by atoms with Crippen molar-refractivity contribution in [1.82, 2.24) is 5.32 Å². The minimum atomic E-state index is -3.18. The van der Waals surface area contributed by atoms with E-state index >= 15 is 0 Å². The van der Waals surface area contributed by atoms with Gasteiger partial charge >= 0.3 is 0 Å². The van der Waals surface area contributed by atoms with Gasteiger partial charge in [-0.05, 0) is 30.7 Å². The van der Waals surface area contributed by atoms with Crippen molar-refractivity contribution in [2.45, 2.75) is 18.7 Å². The van der Waals surface area contributed by atoms with Crippen molar-refractivity contribution < 1.29 is 8.42 Å². The third-order valence-corrected chi connectivity index (χ3v) is 5.20. The van der Waals surface area contributed by atoms with E-state index in [4.69, 9.17) is 0 Å². The van der Waals surface area contributed by atoms with E-state index in [2.05, 4.69) is 5.32 Å². The first-order valence-corrected chi connectivity index (χ1v) is 8.81. The molecular weight excluding hydrogens is 282 g/mol. The van der Waals surface area contributed by atoms with Gasteiger partial charge in [0.25, 0.3) is 0 Å². The Morgan fingerprint density at radius 2 is 1.62 bits per heavy atom. The molecule has 0 aliphatic rings. The Hall–Kier alpha value is -1.65. The van der Waals surface area contributed by atoms with Gasteiger partial charge in [-0.15, -0.1) is 0 Å². The van der Waals surface area contributed by atoms with Gasteiger partial charge < -0.3 is 5.32 Å². The summed E-state index contributed by atoms with van der Waals surface area (Å²) in [6.45, 7) is 1.94. The van der Waals surface area contributed by atoms with Crippen LogP contribution in [0.1, 0.15) is 22.7 Å². The van der Waals surface area contributed by atoms with Crippen LogP contribution >= 0.6 is 0 Å². The van der Waals surface area contributed by atoms with Gasteiger partial charge in [0.15, 0.2) is 9.84 Å². The van der Waals surface area contributed by atoms with E-state index in [-0.39, 0.29) is 17.5 Å². The van der Waals surface area contributed by atoms with Gasteiger partial charge in [0, 0.05) is 6.04 Å². The van der Waals surface area contributed by atoms with Crippen LogP contribution in [0.15, 0.2) is 54.6 Å².